The van der Waals surface area contributed by atoms with Crippen LogP contribution in [0.2, 0.25) is 0 Å². The minimum atomic E-state index is -0.568. The molecule has 0 bridgehead atoms. The van der Waals surface area contributed by atoms with Crippen LogP contribution in [0.1, 0.15) is 32.4 Å². The van der Waals surface area contributed by atoms with Gasteiger partial charge in [0.25, 0.3) is 0 Å². The van der Waals surface area contributed by atoms with E-state index in [0.717, 1.165) is 10.0 Å². The predicted octanol–water partition coefficient (Wildman–Crippen LogP) is 3.79. The third-order valence-electron chi connectivity index (χ3n) is 3.37. The van der Waals surface area contributed by atoms with E-state index in [-0.39, 0.29) is 5.92 Å². The molecule has 0 aliphatic carbocycles. The summed E-state index contributed by atoms with van der Waals surface area (Å²) in [5.41, 5.74) is 0.763. The Hall–Kier alpha value is -0.740. The zero-order chi connectivity index (χ0) is 13.9. The highest BCUT2D eigenvalue weighted by molar-refractivity contribution is 9.10. The summed E-state index contributed by atoms with van der Waals surface area (Å²) in [6.07, 6.45) is -0.568. The number of hydrogen-bond donors (Lipinski definition) is 1. The Balaban J connectivity index is 3.21. The van der Waals surface area contributed by atoms with Crippen LogP contribution < -0.4 is 9.47 Å². The molecular weight excluding hydrogens is 296 g/mol. The Kier molecular flexibility index (Phi) is 5.47. The summed E-state index contributed by atoms with van der Waals surface area (Å²) >= 11 is 3.41. The van der Waals surface area contributed by atoms with Gasteiger partial charge in [0, 0.05) is 5.56 Å². The van der Waals surface area contributed by atoms with Crippen molar-refractivity contribution in [2.24, 2.45) is 11.8 Å². The maximum atomic E-state index is 10.4. The molecule has 0 aliphatic heterocycles. The SMILES string of the molecule is COc1cc(C(O)C(C)C(C)C)c(OC)cc1Br. The second-order valence-corrected chi connectivity index (χ2v) is 5.63. The fourth-order valence-electron chi connectivity index (χ4n) is 1.76. The van der Waals surface area contributed by atoms with Crippen LogP contribution in [0.25, 0.3) is 0 Å². The Labute approximate surface area is 117 Å². The Morgan fingerprint density at radius 2 is 1.61 bits per heavy atom. The fourth-order valence-corrected chi connectivity index (χ4v) is 2.25. The van der Waals surface area contributed by atoms with Gasteiger partial charge in [-0.3, -0.25) is 0 Å². The van der Waals surface area contributed by atoms with E-state index in [9.17, 15) is 5.11 Å². The first-order valence-electron chi connectivity index (χ1n) is 6.01. The molecule has 0 saturated heterocycles. The first-order chi connectivity index (χ1) is 8.42. The summed E-state index contributed by atoms with van der Waals surface area (Å²) in [6.45, 7) is 6.22. The van der Waals surface area contributed by atoms with E-state index in [2.05, 4.69) is 29.8 Å². The number of methoxy groups -OCH3 is 2. The maximum absolute atomic E-state index is 10.4. The van der Waals surface area contributed by atoms with Gasteiger partial charge in [-0.15, -0.1) is 0 Å². The van der Waals surface area contributed by atoms with Crippen LogP contribution in [0.3, 0.4) is 0 Å². The van der Waals surface area contributed by atoms with Crippen molar-refractivity contribution >= 4 is 15.9 Å². The minimum absolute atomic E-state index is 0.143. The third-order valence-corrected chi connectivity index (χ3v) is 3.99. The molecule has 0 amide bonds. The van der Waals surface area contributed by atoms with Gasteiger partial charge in [-0.1, -0.05) is 20.8 Å². The van der Waals surface area contributed by atoms with Crippen molar-refractivity contribution in [3.05, 3.63) is 22.2 Å². The lowest BCUT2D eigenvalue weighted by Gasteiger charge is -2.24. The van der Waals surface area contributed by atoms with Gasteiger partial charge >= 0.3 is 0 Å². The maximum Gasteiger partial charge on any atom is 0.133 e. The number of aliphatic hydroxyl groups excluding tert-OH is 1. The van der Waals surface area contributed by atoms with Crippen LogP contribution in [0.5, 0.6) is 11.5 Å². The van der Waals surface area contributed by atoms with Crippen molar-refractivity contribution in [2.75, 3.05) is 14.2 Å². The van der Waals surface area contributed by atoms with Crippen molar-refractivity contribution in [2.45, 2.75) is 26.9 Å². The molecule has 1 rings (SSSR count). The second kappa shape index (κ2) is 6.43. The number of benzene rings is 1. The average Bonchev–Trinajstić information content (AvgIpc) is 2.36. The molecule has 1 aromatic carbocycles. The van der Waals surface area contributed by atoms with Crippen LogP contribution in [0.15, 0.2) is 16.6 Å². The Bertz CT molecular complexity index is 404. The number of aliphatic hydroxyl groups is 1. The first kappa shape index (κ1) is 15.3. The number of ether oxygens (including phenoxy) is 2. The molecule has 0 saturated carbocycles. The summed E-state index contributed by atoms with van der Waals surface area (Å²) in [6, 6.07) is 3.65. The summed E-state index contributed by atoms with van der Waals surface area (Å²) in [7, 11) is 3.21. The number of rotatable bonds is 5. The first-order valence-corrected chi connectivity index (χ1v) is 6.81. The smallest absolute Gasteiger partial charge is 0.133 e. The average molecular weight is 317 g/mol. The predicted molar refractivity (Wildman–Crippen MR) is 76.2 cm³/mol. The topological polar surface area (TPSA) is 38.7 Å². The normalized spacial score (nSPS) is 14.4. The molecule has 0 fully saturated rings. The standard InChI is InChI=1S/C14H21BrO3/c1-8(2)9(3)14(16)10-6-13(18-5)11(15)7-12(10)17-4/h6-9,14,16H,1-5H3. The van der Waals surface area contributed by atoms with Crippen LogP contribution >= 0.6 is 15.9 Å². The van der Waals surface area contributed by atoms with Gasteiger partial charge in [0.15, 0.2) is 0 Å². The quantitative estimate of drug-likeness (QED) is 0.898. The van der Waals surface area contributed by atoms with Crippen LogP contribution in [-0.2, 0) is 0 Å². The molecule has 4 heteroatoms. The van der Waals surface area contributed by atoms with E-state index in [4.69, 9.17) is 9.47 Å². The Morgan fingerprint density at radius 1 is 1.06 bits per heavy atom. The highest BCUT2D eigenvalue weighted by atomic mass is 79.9. The van der Waals surface area contributed by atoms with E-state index >= 15 is 0 Å². The molecule has 3 nitrogen and oxygen atoms in total. The van der Waals surface area contributed by atoms with Crippen LogP contribution in [-0.4, -0.2) is 19.3 Å². The van der Waals surface area contributed by atoms with Crippen molar-refractivity contribution in [1.29, 1.82) is 0 Å². The third kappa shape index (κ3) is 3.18. The summed E-state index contributed by atoms with van der Waals surface area (Å²) < 4.78 is 11.4. The zero-order valence-corrected chi connectivity index (χ0v) is 13.1. The van der Waals surface area contributed by atoms with E-state index in [0.29, 0.717) is 17.4 Å². The van der Waals surface area contributed by atoms with Crippen molar-refractivity contribution < 1.29 is 14.6 Å². The highest BCUT2D eigenvalue weighted by Crippen LogP contribution is 2.39. The largest absolute Gasteiger partial charge is 0.496 e. The van der Waals surface area contributed by atoms with Crippen LogP contribution in [0.4, 0.5) is 0 Å². The summed E-state index contributed by atoms with van der Waals surface area (Å²) in [4.78, 5) is 0. The summed E-state index contributed by atoms with van der Waals surface area (Å²) in [5, 5.41) is 10.4. The van der Waals surface area contributed by atoms with Gasteiger partial charge < -0.3 is 14.6 Å². The van der Waals surface area contributed by atoms with Gasteiger partial charge in [-0.05, 0) is 39.9 Å². The van der Waals surface area contributed by atoms with E-state index < -0.39 is 6.10 Å². The van der Waals surface area contributed by atoms with E-state index in [1.54, 1.807) is 14.2 Å². The van der Waals surface area contributed by atoms with E-state index in [1.807, 2.05) is 19.1 Å². The fraction of sp³-hybridized carbons (Fsp3) is 0.571. The molecular formula is C14H21BrO3. The molecule has 18 heavy (non-hydrogen) atoms. The summed E-state index contributed by atoms with van der Waals surface area (Å²) in [5.74, 6) is 1.90. The minimum Gasteiger partial charge on any atom is -0.496 e. The van der Waals surface area contributed by atoms with Gasteiger partial charge in [-0.2, -0.15) is 0 Å². The van der Waals surface area contributed by atoms with E-state index in [1.165, 1.54) is 0 Å². The molecule has 2 unspecified atom stereocenters. The van der Waals surface area contributed by atoms with Crippen molar-refractivity contribution in [3.63, 3.8) is 0 Å². The van der Waals surface area contributed by atoms with Crippen molar-refractivity contribution in [3.8, 4) is 11.5 Å². The highest BCUT2D eigenvalue weighted by Gasteiger charge is 2.24. The lowest BCUT2D eigenvalue weighted by molar-refractivity contribution is 0.0893. The molecule has 102 valence electrons. The molecule has 0 radical (unpaired) electrons. The van der Waals surface area contributed by atoms with Gasteiger partial charge in [-0.25, -0.2) is 0 Å². The van der Waals surface area contributed by atoms with Gasteiger partial charge in [0.2, 0.25) is 0 Å². The molecule has 1 aromatic rings. The van der Waals surface area contributed by atoms with Gasteiger partial charge in [0.05, 0.1) is 24.8 Å². The van der Waals surface area contributed by atoms with Crippen LogP contribution in [0, 0.1) is 11.8 Å². The molecule has 2 atom stereocenters. The van der Waals surface area contributed by atoms with Gasteiger partial charge in [0.1, 0.15) is 11.5 Å². The molecule has 0 aromatic heterocycles. The molecule has 1 N–H and O–H groups in total. The monoisotopic (exact) mass is 316 g/mol. The molecule has 0 spiro atoms. The Morgan fingerprint density at radius 3 is 2.06 bits per heavy atom. The zero-order valence-electron chi connectivity index (χ0n) is 11.5. The molecule has 0 aliphatic rings. The van der Waals surface area contributed by atoms with Crippen molar-refractivity contribution in [1.82, 2.24) is 0 Å². The number of halogens is 1. The number of hydrogen-bond acceptors (Lipinski definition) is 3. The second-order valence-electron chi connectivity index (χ2n) is 4.78. The lowest BCUT2D eigenvalue weighted by atomic mass is 9.88. The lowest BCUT2D eigenvalue weighted by Crippen LogP contribution is -2.16. The molecule has 0 heterocycles.